The first-order chi connectivity index (χ1) is 18.1. The highest BCUT2D eigenvalue weighted by molar-refractivity contribution is 5.98. The molecule has 4 aromatic rings. The van der Waals surface area contributed by atoms with Crippen molar-refractivity contribution in [1.29, 1.82) is 0 Å². The maximum absolute atomic E-state index is 13.6. The van der Waals surface area contributed by atoms with E-state index in [0.29, 0.717) is 35.3 Å². The molecule has 2 aromatic carbocycles. The number of aryl methyl sites for hydroxylation is 2. The summed E-state index contributed by atoms with van der Waals surface area (Å²) in [6.07, 6.45) is 1.28. The second-order valence-electron chi connectivity index (χ2n) is 9.52. The van der Waals surface area contributed by atoms with Gasteiger partial charge in [0.25, 0.3) is 11.8 Å². The first-order valence-corrected chi connectivity index (χ1v) is 12.2. The van der Waals surface area contributed by atoms with E-state index in [1.807, 2.05) is 0 Å². The van der Waals surface area contributed by atoms with Crippen molar-refractivity contribution in [2.45, 2.75) is 46.2 Å². The predicted octanol–water partition coefficient (Wildman–Crippen LogP) is 3.84. The number of aromatic nitrogens is 3. The second-order valence-corrected chi connectivity index (χ2v) is 9.52. The van der Waals surface area contributed by atoms with Crippen molar-refractivity contribution in [3.63, 3.8) is 0 Å². The molecule has 2 heterocycles. The third-order valence-corrected chi connectivity index (χ3v) is 6.92. The lowest BCUT2D eigenvalue weighted by Gasteiger charge is -2.16. The molecule has 9 nitrogen and oxygen atoms in total. The van der Waals surface area contributed by atoms with Crippen molar-refractivity contribution < 1.29 is 23.9 Å². The molecule has 0 saturated carbocycles. The molecule has 2 amide bonds. The second kappa shape index (κ2) is 9.70. The minimum absolute atomic E-state index is 0.0511. The van der Waals surface area contributed by atoms with E-state index in [1.165, 1.54) is 16.6 Å². The fraction of sp³-hybridized carbons (Fsp3) is 0.250. The average Bonchev–Trinajstić information content (AvgIpc) is 3.46. The highest BCUT2D eigenvalue weighted by Gasteiger charge is 2.29. The molecule has 0 aliphatic heterocycles. The molecule has 194 valence electrons. The van der Waals surface area contributed by atoms with Crippen LogP contribution in [0.2, 0.25) is 0 Å². The first-order valence-electron chi connectivity index (χ1n) is 12.2. The summed E-state index contributed by atoms with van der Waals surface area (Å²) in [4.78, 5) is 42.3. The molecule has 0 spiro atoms. The average molecular weight is 516 g/mol. The van der Waals surface area contributed by atoms with Gasteiger partial charge in [0.15, 0.2) is 5.65 Å². The van der Waals surface area contributed by atoms with Gasteiger partial charge >= 0.3 is 5.97 Å². The van der Waals surface area contributed by atoms with Gasteiger partial charge in [-0.05, 0) is 73.6 Å². The minimum atomic E-state index is -0.980. The zero-order chi connectivity index (χ0) is 27.1. The summed E-state index contributed by atoms with van der Waals surface area (Å²) < 4.78 is 15.0. The smallest absolute Gasteiger partial charge is 0.335 e. The van der Waals surface area contributed by atoms with E-state index in [-0.39, 0.29) is 35.4 Å². The molecule has 1 atom stereocenters. The number of carboxylic acid groups (broad SMARTS) is 1. The van der Waals surface area contributed by atoms with Gasteiger partial charge in [-0.2, -0.15) is 5.10 Å². The number of carbonyl (C=O) groups is 3. The van der Waals surface area contributed by atoms with Crippen molar-refractivity contribution in [1.82, 2.24) is 25.2 Å². The lowest BCUT2D eigenvalue weighted by Crippen LogP contribution is -2.30. The Morgan fingerprint density at radius 1 is 1.08 bits per heavy atom. The molecule has 38 heavy (non-hydrogen) atoms. The van der Waals surface area contributed by atoms with Crippen molar-refractivity contribution in [2.75, 3.05) is 0 Å². The van der Waals surface area contributed by atoms with Gasteiger partial charge in [0.2, 0.25) is 0 Å². The SMILES string of the molecule is Cc1cc2nc(C(=O)NCc3ccc(F)c(C)c3)cc(C(=O)N[C@H]3CCc4c3ccc(C(=O)O)c4C)n2n1. The Bertz CT molecular complexity index is 1630. The van der Waals surface area contributed by atoms with E-state index in [1.54, 1.807) is 51.1 Å². The molecule has 1 aliphatic rings. The van der Waals surface area contributed by atoms with Gasteiger partial charge in [-0.15, -0.1) is 0 Å². The Morgan fingerprint density at radius 3 is 2.61 bits per heavy atom. The highest BCUT2D eigenvalue weighted by atomic mass is 19.1. The number of benzene rings is 2. The Labute approximate surface area is 217 Å². The highest BCUT2D eigenvalue weighted by Crippen LogP contribution is 2.35. The van der Waals surface area contributed by atoms with Gasteiger partial charge in [-0.25, -0.2) is 18.7 Å². The zero-order valence-electron chi connectivity index (χ0n) is 21.1. The molecule has 5 rings (SSSR count). The molecule has 0 radical (unpaired) electrons. The van der Waals surface area contributed by atoms with E-state index < -0.39 is 17.8 Å². The molecule has 0 unspecified atom stereocenters. The van der Waals surface area contributed by atoms with Gasteiger partial charge < -0.3 is 15.7 Å². The molecular formula is C28H26FN5O4. The monoisotopic (exact) mass is 515 g/mol. The number of fused-ring (bicyclic) bond motifs is 2. The van der Waals surface area contributed by atoms with E-state index in [4.69, 9.17) is 0 Å². The number of aromatic carboxylic acids is 1. The lowest BCUT2D eigenvalue weighted by molar-refractivity contribution is 0.0695. The van der Waals surface area contributed by atoms with Gasteiger partial charge in [0.05, 0.1) is 17.3 Å². The van der Waals surface area contributed by atoms with E-state index in [0.717, 1.165) is 16.7 Å². The standard InChI is InChI=1S/C28H26FN5O4/c1-14-10-17(4-8-21(14)29)13-30-26(35)23-12-24(34-25(31-23)11-15(2)33-34)27(36)32-22-9-7-18-16(3)19(28(37)38)5-6-20(18)22/h4-6,8,10-12,22H,7,9,13H2,1-3H3,(H,30,35)(H,32,36)(H,37,38)/t22-/m0/s1. The zero-order valence-corrected chi connectivity index (χ0v) is 21.1. The van der Waals surface area contributed by atoms with Crippen LogP contribution in [0.1, 0.15) is 77.3 Å². The molecule has 2 aromatic heterocycles. The van der Waals surface area contributed by atoms with Crippen molar-refractivity contribution in [3.05, 3.63) is 98.7 Å². The summed E-state index contributed by atoms with van der Waals surface area (Å²) >= 11 is 0. The van der Waals surface area contributed by atoms with Crippen molar-refractivity contribution in [3.8, 4) is 0 Å². The molecule has 1 aliphatic carbocycles. The quantitative estimate of drug-likeness (QED) is 0.358. The third kappa shape index (κ3) is 4.60. The topological polar surface area (TPSA) is 126 Å². The number of hydrogen-bond acceptors (Lipinski definition) is 5. The molecule has 0 bridgehead atoms. The fourth-order valence-corrected chi connectivity index (χ4v) is 4.95. The molecule has 0 fully saturated rings. The number of hydrogen-bond donors (Lipinski definition) is 3. The van der Waals surface area contributed by atoms with Crippen LogP contribution in [0.25, 0.3) is 5.65 Å². The van der Waals surface area contributed by atoms with Crippen LogP contribution >= 0.6 is 0 Å². The third-order valence-electron chi connectivity index (χ3n) is 6.92. The summed E-state index contributed by atoms with van der Waals surface area (Å²) in [7, 11) is 0. The van der Waals surface area contributed by atoms with E-state index in [9.17, 15) is 23.9 Å². The van der Waals surface area contributed by atoms with Crippen LogP contribution in [-0.4, -0.2) is 37.5 Å². The van der Waals surface area contributed by atoms with Gasteiger partial charge in [0, 0.05) is 18.7 Å². The van der Waals surface area contributed by atoms with Gasteiger partial charge in [-0.1, -0.05) is 18.2 Å². The lowest BCUT2D eigenvalue weighted by atomic mass is 9.98. The molecule has 10 heteroatoms. The number of nitrogens with zero attached hydrogens (tertiary/aromatic N) is 3. The Kier molecular flexibility index (Phi) is 6.40. The van der Waals surface area contributed by atoms with Crippen molar-refractivity contribution in [2.24, 2.45) is 0 Å². The van der Waals surface area contributed by atoms with Crippen molar-refractivity contribution >= 4 is 23.4 Å². The van der Waals surface area contributed by atoms with Crippen LogP contribution in [0.15, 0.2) is 42.5 Å². The van der Waals surface area contributed by atoms with Gasteiger partial charge in [-0.3, -0.25) is 9.59 Å². The Hall–Kier alpha value is -4.60. The maximum atomic E-state index is 13.6. The Balaban J connectivity index is 1.40. The number of halogens is 1. The van der Waals surface area contributed by atoms with Gasteiger partial charge in [0.1, 0.15) is 17.2 Å². The van der Waals surface area contributed by atoms with E-state index >= 15 is 0 Å². The maximum Gasteiger partial charge on any atom is 0.335 e. The number of amides is 2. The summed E-state index contributed by atoms with van der Waals surface area (Å²) in [5.74, 6) is -2.21. The number of carbonyl (C=O) groups excluding carboxylic acids is 2. The summed E-state index contributed by atoms with van der Waals surface area (Å²) in [6, 6.07) is 10.7. The number of rotatable bonds is 6. The van der Waals surface area contributed by atoms with E-state index in [2.05, 4.69) is 20.7 Å². The molecule has 3 N–H and O–H groups in total. The number of nitrogens with one attached hydrogen (secondary N) is 2. The van der Waals surface area contributed by atoms with Crippen LogP contribution < -0.4 is 10.6 Å². The molecule has 0 saturated heterocycles. The normalized spacial score (nSPS) is 14.4. The first kappa shape index (κ1) is 25.1. The van der Waals surface area contributed by atoms with Crippen LogP contribution in [0.3, 0.4) is 0 Å². The van der Waals surface area contributed by atoms with Crippen LogP contribution in [0.5, 0.6) is 0 Å². The summed E-state index contributed by atoms with van der Waals surface area (Å²) in [5, 5.41) is 19.6. The summed E-state index contributed by atoms with van der Waals surface area (Å²) in [6.45, 7) is 5.37. The summed E-state index contributed by atoms with van der Waals surface area (Å²) in [5.41, 5.74) is 5.18. The minimum Gasteiger partial charge on any atom is -0.478 e. The molecular weight excluding hydrogens is 489 g/mol. The van der Waals surface area contributed by atoms with Crippen LogP contribution in [0, 0.1) is 26.6 Å². The van der Waals surface area contributed by atoms with Crippen LogP contribution in [0.4, 0.5) is 4.39 Å². The predicted molar refractivity (Wildman–Crippen MR) is 137 cm³/mol. The largest absolute Gasteiger partial charge is 0.478 e. The van der Waals surface area contributed by atoms with Crippen LogP contribution in [-0.2, 0) is 13.0 Å². The number of carboxylic acids is 1. The Morgan fingerprint density at radius 2 is 1.87 bits per heavy atom. The fourth-order valence-electron chi connectivity index (χ4n) is 4.95.